The summed E-state index contributed by atoms with van der Waals surface area (Å²) in [5, 5.41) is 3.76. The molecule has 0 saturated carbocycles. The molecule has 0 radical (unpaired) electrons. The second-order valence-corrected chi connectivity index (χ2v) is 5.82. The molecule has 1 heterocycles. The van der Waals surface area contributed by atoms with Gasteiger partial charge in [0.1, 0.15) is 11.4 Å². The Bertz CT molecular complexity index is 935. The van der Waals surface area contributed by atoms with Gasteiger partial charge in [-0.15, -0.1) is 0 Å². The minimum Gasteiger partial charge on any atom is -0.322 e. The largest absolute Gasteiger partial charge is 0.322 e. The highest BCUT2D eigenvalue weighted by Gasteiger charge is 2.13. The average molecular weight is 360 g/mol. The van der Waals surface area contributed by atoms with E-state index in [-0.39, 0.29) is 5.56 Å². The Morgan fingerprint density at radius 1 is 0.958 bits per heavy atom. The van der Waals surface area contributed by atoms with Crippen molar-refractivity contribution in [2.24, 2.45) is 0 Å². The summed E-state index contributed by atoms with van der Waals surface area (Å²) in [7, 11) is 0. The van der Waals surface area contributed by atoms with Gasteiger partial charge in [-0.05, 0) is 48.5 Å². The zero-order valence-corrected chi connectivity index (χ0v) is 13.7. The van der Waals surface area contributed by atoms with Crippen LogP contribution in [0.2, 0.25) is 10.0 Å². The van der Waals surface area contributed by atoms with E-state index in [9.17, 15) is 9.59 Å². The summed E-state index contributed by atoms with van der Waals surface area (Å²) in [6.45, 7) is 0. The predicted molar refractivity (Wildman–Crippen MR) is 94.7 cm³/mol. The molecule has 24 heavy (non-hydrogen) atoms. The van der Waals surface area contributed by atoms with Crippen LogP contribution in [0.4, 0.5) is 5.69 Å². The Morgan fingerprint density at radius 2 is 1.54 bits per heavy atom. The lowest BCUT2D eigenvalue weighted by Crippen LogP contribution is -2.24. The van der Waals surface area contributed by atoms with Crippen LogP contribution >= 0.6 is 23.2 Å². The number of carbonyl (C=O) groups is 1. The van der Waals surface area contributed by atoms with Gasteiger partial charge in [-0.3, -0.25) is 9.59 Å². The van der Waals surface area contributed by atoms with Gasteiger partial charge in [0.25, 0.3) is 11.5 Å². The molecule has 1 aromatic heterocycles. The zero-order chi connectivity index (χ0) is 17.1. The number of aromatic nitrogens is 2. The van der Waals surface area contributed by atoms with Gasteiger partial charge in [-0.25, -0.2) is 4.98 Å². The average Bonchev–Trinajstić information content (AvgIpc) is 2.57. The lowest BCUT2D eigenvalue weighted by Gasteiger charge is -2.06. The quantitative estimate of drug-likeness (QED) is 0.742. The molecule has 0 saturated heterocycles. The molecule has 0 spiro atoms. The molecule has 7 heteroatoms. The molecule has 2 aromatic carbocycles. The molecule has 5 nitrogen and oxygen atoms in total. The van der Waals surface area contributed by atoms with Crippen molar-refractivity contribution in [2.75, 3.05) is 5.32 Å². The minimum atomic E-state index is -0.547. The molecule has 0 aliphatic rings. The van der Waals surface area contributed by atoms with Crippen LogP contribution in [-0.2, 0) is 0 Å². The van der Waals surface area contributed by atoms with Gasteiger partial charge in [-0.2, -0.15) is 0 Å². The molecular formula is C17H11Cl2N3O2. The molecule has 0 fully saturated rings. The SMILES string of the molecule is O=C(Nc1ccc(Cl)cc1)c1cnc(-c2ccc(Cl)cc2)[nH]c1=O. The van der Waals surface area contributed by atoms with E-state index in [0.717, 1.165) is 0 Å². The Hall–Kier alpha value is -2.63. The zero-order valence-electron chi connectivity index (χ0n) is 12.2. The van der Waals surface area contributed by atoms with Crippen LogP contribution in [0.15, 0.2) is 59.5 Å². The molecule has 0 atom stereocenters. The van der Waals surface area contributed by atoms with Crippen molar-refractivity contribution in [3.05, 3.63) is 80.7 Å². The first-order valence-corrected chi connectivity index (χ1v) is 7.71. The highest BCUT2D eigenvalue weighted by atomic mass is 35.5. The topological polar surface area (TPSA) is 74.8 Å². The monoisotopic (exact) mass is 359 g/mol. The smallest absolute Gasteiger partial charge is 0.264 e. The van der Waals surface area contributed by atoms with Gasteiger partial charge in [0.2, 0.25) is 0 Å². The number of hydrogen-bond acceptors (Lipinski definition) is 3. The van der Waals surface area contributed by atoms with Crippen LogP contribution in [0.3, 0.4) is 0 Å². The Balaban J connectivity index is 1.84. The molecule has 0 bridgehead atoms. The van der Waals surface area contributed by atoms with E-state index in [4.69, 9.17) is 23.2 Å². The van der Waals surface area contributed by atoms with Gasteiger partial charge < -0.3 is 10.3 Å². The molecule has 3 rings (SSSR count). The molecule has 2 N–H and O–H groups in total. The third kappa shape index (κ3) is 3.64. The van der Waals surface area contributed by atoms with Crippen LogP contribution in [0.1, 0.15) is 10.4 Å². The maximum absolute atomic E-state index is 12.2. The molecule has 0 unspecified atom stereocenters. The van der Waals surface area contributed by atoms with E-state index in [1.807, 2.05) is 0 Å². The molecule has 0 aliphatic carbocycles. The number of hydrogen-bond donors (Lipinski definition) is 2. The molecule has 120 valence electrons. The summed E-state index contributed by atoms with van der Waals surface area (Å²) in [5.41, 5.74) is 0.621. The van der Waals surface area contributed by atoms with Crippen molar-refractivity contribution >= 4 is 34.8 Å². The number of carbonyl (C=O) groups excluding carboxylic acids is 1. The van der Waals surface area contributed by atoms with E-state index >= 15 is 0 Å². The van der Waals surface area contributed by atoms with Crippen LogP contribution < -0.4 is 10.9 Å². The maximum atomic E-state index is 12.2. The fraction of sp³-hybridized carbons (Fsp3) is 0. The van der Waals surface area contributed by atoms with Crippen molar-refractivity contribution in [2.45, 2.75) is 0 Å². The fourth-order valence-corrected chi connectivity index (χ4v) is 2.29. The summed E-state index contributed by atoms with van der Waals surface area (Å²) >= 11 is 11.6. The summed E-state index contributed by atoms with van der Waals surface area (Å²) in [6.07, 6.45) is 1.24. The summed E-state index contributed by atoms with van der Waals surface area (Å²) in [4.78, 5) is 31.1. The fourth-order valence-electron chi connectivity index (χ4n) is 2.04. The lowest BCUT2D eigenvalue weighted by atomic mass is 10.2. The molecular weight excluding hydrogens is 349 g/mol. The number of halogens is 2. The molecule has 3 aromatic rings. The van der Waals surface area contributed by atoms with Gasteiger partial charge in [0.15, 0.2) is 0 Å². The van der Waals surface area contributed by atoms with Crippen LogP contribution in [-0.4, -0.2) is 15.9 Å². The second-order valence-electron chi connectivity index (χ2n) is 4.94. The Kier molecular flexibility index (Phi) is 4.64. The lowest BCUT2D eigenvalue weighted by molar-refractivity contribution is 0.102. The van der Waals surface area contributed by atoms with Gasteiger partial charge in [-0.1, -0.05) is 23.2 Å². The number of aromatic amines is 1. The van der Waals surface area contributed by atoms with Crippen molar-refractivity contribution in [3.63, 3.8) is 0 Å². The number of benzene rings is 2. The Morgan fingerprint density at radius 3 is 2.12 bits per heavy atom. The number of H-pyrrole nitrogens is 1. The first-order valence-electron chi connectivity index (χ1n) is 6.95. The summed E-state index contributed by atoms with van der Waals surface area (Å²) in [6, 6.07) is 13.4. The molecule has 1 amide bonds. The van der Waals surface area contributed by atoms with Crippen LogP contribution in [0.25, 0.3) is 11.4 Å². The second kappa shape index (κ2) is 6.86. The van der Waals surface area contributed by atoms with E-state index in [1.165, 1.54) is 6.20 Å². The summed E-state index contributed by atoms with van der Waals surface area (Å²) < 4.78 is 0. The number of amides is 1. The number of rotatable bonds is 3. The predicted octanol–water partition coefficient (Wildman–Crippen LogP) is 4.00. The van der Waals surface area contributed by atoms with Crippen molar-refractivity contribution in [1.82, 2.24) is 9.97 Å². The van der Waals surface area contributed by atoms with Gasteiger partial charge in [0, 0.05) is 27.5 Å². The Labute approximate surface area is 147 Å². The van der Waals surface area contributed by atoms with Crippen molar-refractivity contribution in [1.29, 1.82) is 0 Å². The highest BCUT2D eigenvalue weighted by Crippen LogP contribution is 2.17. The summed E-state index contributed by atoms with van der Waals surface area (Å²) in [5.74, 6) is -0.187. The molecule has 0 aliphatic heterocycles. The van der Waals surface area contributed by atoms with Gasteiger partial charge in [0.05, 0.1) is 0 Å². The van der Waals surface area contributed by atoms with Crippen LogP contribution in [0, 0.1) is 0 Å². The van der Waals surface area contributed by atoms with E-state index in [0.29, 0.717) is 27.1 Å². The van der Waals surface area contributed by atoms with Crippen molar-refractivity contribution in [3.8, 4) is 11.4 Å². The number of nitrogens with zero attached hydrogens (tertiary/aromatic N) is 1. The van der Waals surface area contributed by atoms with Gasteiger partial charge >= 0.3 is 0 Å². The third-order valence-electron chi connectivity index (χ3n) is 3.26. The first-order chi connectivity index (χ1) is 11.5. The van der Waals surface area contributed by atoms with Crippen molar-refractivity contribution < 1.29 is 4.79 Å². The first kappa shape index (κ1) is 16.2. The number of anilines is 1. The number of nitrogens with one attached hydrogen (secondary N) is 2. The highest BCUT2D eigenvalue weighted by molar-refractivity contribution is 6.30. The minimum absolute atomic E-state index is 0.0809. The standard InChI is InChI=1S/C17H11Cl2N3O2/c18-11-3-1-10(2-4-11)15-20-9-14(17(24)22-15)16(23)21-13-7-5-12(19)6-8-13/h1-9H,(H,21,23)(H,20,22,24). The maximum Gasteiger partial charge on any atom is 0.264 e. The third-order valence-corrected chi connectivity index (χ3v) is 3.77. The van der Waals surface area contributed by atoms with E-state index < -0.39 is 11.5 Å². The van der Waals surface area contributed by atoms with E-state index in [2.05, 4.69) is 15.3 Å². The van der Waals surface area contributed by atoms with E-state index in [1.54, 1.807) is 48.5 Å². The normalized spacial score (nSPS) is 10.4. The van der Waals surface area contributed by atoms with Crippen LogP contribution in [0.5, 0.6) is 0 Å².